The summed E-state index contributed by atoms with van der Waals surface area (Å²) in [7, 11) is 2.10. The molecule has 9 nitrogen and oxygen atoms in total. The van der Waals surface area contributed by atoms with Crippen molar-refractivity contribution < 1.29 is 29.6 Å². The summed E-state index contributed by atoms with van der Waals surface area (Å²) in [6, 6.07) is -0.610. The predicted octanol–water partition coefficient (Wildman–Crippen LogP) is 1.58. The first-order valence-electron chi connectivity index (χ1n) is 12.6. The largest absolute Gasteiger partial charge is 0.442 e. The fourth-order valence-corrected chi connectivity index (χ4v) is 3.10. The molecule has 1 heterocycles. The van der Waals surface area contributed by atoms with Crippen molar-refractivity contribution in [2.75, 3.05) is 46.3 Å². The Kier molecular flexibility index (Phi) is 17.8. The second kappa shape index (κ2) is 19.0. The summed E-state index contributed by atoms with van der Waals surface area (Å²) in [5.74, 6) is -0.627. The molecule has 1 saturated heterocycles. The third-order valence-electron chi connectivity index (χ3n) is 5.31. The van der Waals surface area contributed by atoms with E-state index in [0.717, 1.165) is 19.6 Å². The molecule has 1 fully saturated rings. The third kappa shape index (κ3) is 13.4. The standard InChI is InChI=1S/C18H26FN3O4.C5H14N2.C2H6/c1-3-14(24)7-8-20-17-6-4-5-13(9-16(17)19)22-11-15(26-18(22)25)10-21-12(2)23;1-3-7(2)5-4-6;1-2/h4-6,9,14-15,17,20,24H,3,7-8,10-11H2,1-2H3,(H,21,23);3-6H2,1-2H3;1-2H3/p+1. The Bertz CT molecular complexity index is 714. The van der Waals surface area contributed by atoms with Crippen LogP contribution < -0.4 is 16.4 Å². The van der Waals surface area contributed by atoms with E-state index in [-0.39, 0.29) is 19.0 Å². The van der Waals surface area contributed by atoms with Gasteiger partial charge in [0.15, 0.2) is 0 Å². The highest BCUT2D eigenvalue weighted by Gasteiger charge is 2.33. The van der Waals surface area contributed by atoms with E-state index in [0.29, 0.717) is 25.1 Å². The van der Waals surface area contributed by atoms with Crippen molar-refractivity contribution in [1.29, 1.82) is 0 Å². The van der Waals surface area contributed by atoms with E-state index in [2.05, 4.69) is 35.2 Å². The minimum atomic E-state index is -0.610. The van der Waals surface area contributed by atoms with Gasteiger partial charge in [0.25, 0.3) is 0 Å². The number of carbonyl (C=O) groups excluding carboxylic acids is 2. The summed E-state index contributed by atoms with van der Waals surface area (Å²) < 4.78 is 19.7. The van der Waals surface area contributed by atoms with Crippen molar-refractivity contribution in [1.82, 2.24) is 20.4 Å². The van der Waals surface area contributed by atoms with E-state index >= 15 is 0 Å². The molecule has 6 N–H and O–H groups in total. The summed E-state index contributed by atoms with van der Waals surface area (Å²) >= 11 is 0. The molecule has 0 aromatic rings. The number of halogens is 1. The van der Waals surface area contributed by atoms with Gasteiger partial charge in [0, 0.05) is 19.2 Å². The SMILES string of the molecule is CC.CCC(O)CCNC1C=CC=C(N2CC(CNC(C)=O)OC2=O)C=C1F.CCN(C)CC[NH3+]. The normalized spacial score (nSPS) is 19.9. The molecule has 0 spiro atoms. The molecule has 2 amide bonds. The first kappa shape index (κ1) is 32.7. The second-order valence-corrected chi connectivity index (χ2v) is 8.09. The van der Waals surface area contributed by atoms with Crippen LogP contribution in [0.25, 0.3) is 0 Å². The monoisotopic (exact) mass is 500 g/mol. The number of likely N-dealkylation sites (N-methyl/N-ethyl adjacent to an activating group) is 1. The maximum atomic E-state index is 14.5. The van der Waals surface area contributed by atoms with E-state index in [1.54, 1.807) is 18.2 Å². The first-order valence-corrected chi connectivity index (χ1v) is 12.6. The summed E-state index contributed by atoms with van der Waals surface area (Å²) in [5.41, 5.74) is 4.13. The second-order valence-electron chi connectivity index (χ2n) is 8.09. The van der Waals surface area contributed by atoms with Crippen LogP contribution in [0.15, 0.2) is 35.8 Å². The van der Waals surface area contributed by atoms with Crippen LogP contribution in [0, 0.1) is 0 Å². The Morgan fingerprint density at radius 3 is 2.63 bits per heavy atom. The summed E-state index contributed by atoms with van der Waals surface area (Å²) in [6.45, 7) is 13.6. The van der Waals surface area contributed by atoms with E-state index in [4.69, 9.17) is 4.74 Å². The van der Waals surface area contributed by atoms with Gasteiger partial charge in [0.2, 0.25) is 5.91 Å². The van der Waals surface area contributed by atoms with Gasteiger partial charge >= 0.3 is 6.09 Å². The van der Waals surface area contributed by atoms with Gasteiger partial charge in [-0.2, -0.15) is 0 Å². The highest BCUT2D eigenvalue weighted by Crippen LogP contribution is 2.22. The Morgan fingerprint density at radius 1 is 1.40 bits per heavy atom. The number of aliphatic hydroxyl groups is 1. The van der Waals surface area contributed by atoms with E-state index < -0.39 is 30.2 Å². The van der Waals surface area contributed by atoms with Crippen molar-refractivity contribution in [3.63, 3.8) is 0 Å². The van der Waals surface area contributed by atoms with Gasteiger partial charge in [-0.15, -0.1) is 0 Å². The van der Waals surface area contributed by atoms with Gasteiger partial charge < -0.3 is 31.1 Å². The molecule has 1 aliphatic heterocycles. The average Bonchev–Trinajstić information content (AvgIpc) is 3.12. The number of hydrogen-bond acceptors (Lipinski definition) is 6. The Balaban J connectivity index is 0.00000110. The lowest BCUT2D eigenvalue weighted by Crippen LogP contribution is -2.54. The van der Waals surface area contributed by atoms with Gasteiger partial charge in [-0.25, -0.2) is 9.18 Å². The number of nitrogens with zero attached hydrogens (tertiary/aromatic N) is 2. The van der Waals surface area contributed by atoms with Crippen molar-refractivity contribution in [2.24, 2.45) is 0 Å². The minimum absolute atomic E-state index is 0.204. The maximum Gasteiger partial charge on any atom is 0.414 e. The van der Waals surface area contributed by atoms with E-state index in [1.807, 2.05) is 20.8 Å². The van der Waals surface area contributed by atoms with Crippen molar-refractivity contribution >= 4 is 12.0 Å². The van der Waals surface area contributed by atoms with Gasteiger partial charge in [-0.1, -0.05) is 39.8 Å². The van der Waals surface area contributed by atoms with Crippen LogP contribution in [0.1, 0.15) is 47.5 Å². The lowest BCUT2D eigenvalue weighted by molar-refractivity contribution is -0.368. The van der Waals surface area contributed by atoms with Gasteiger partial charge in [0.05, 0.1) is 31.8 Å². The molecule has 3 unspecified atom stereocenters. The Labute approximate surface area is 210 Å². The highest BCUT2D eigenvalue weighted by atomic mass is 19.1. The number of amides is 2. The molecule has 2 aliphatic rings. The number of aliphatic hydroxyl groups excluding tert-OH is 1. The molecule has 0 bridgehead atoms. The Hall–Kier alpha value is -2.27. The highest BCUT2D eigenvalue weighted by molar-refractivity contribution is 5.74. The zero-order valence-electron chi connectivity index (χ0n) is 22.3. The fraction of sp³-hybridized carbons (Fsp3) is 0.680. The molecule has 0 aromatic heterocycles. The number of allylic oxidation sites excluding steroid dienone is 3. The fourth-order valence-electron chi connectivity index (χ4n) is 3.10. The van der Waals surface area contributed by atoms with Crippen LogP contribution in [0.4, 0.5) is 9.18 Å². The number of carbonyl (C=O) groups is 2. The molecule has 35 heavy (non-hydrogen) atoms. The van der Waals surface area contributed by atoms with Crippen LogP contribution >= 0.6 is 0 Å². The van der Waals surface area contributed by atoms with Gasteiger partial charge in [0.1, 0.15) is 11.9 Å². The smallest absolute Gasteiger partial charge is 0.414 e. The lowest BCUT2D eigenvalue weighted by atomic mass is 10.2. The number of cyclic esters (lactones) is 1. The average molecular weight is 501 g/mol. The zero-order valence-corrected chi connectivity index (χ0v) is 22.3. The number of nitrogens with one attached hydrogen (secondary N) is 2. The van der Waals surface area contributed by atoms with Crippen LogP contribution in [0.2, 0.25) is 0 Å². The maximum absolute atomic E-state index is 14.5. The summed E-state index contributed by atoms with van der Waals surface area (Å²) in [5, 5.41) is 15.2. The predicted molar refractivity (Wildman–Crippen MR) is 137 cm³/mol. The molecular formula is C25H47FN5O4+. The van der Waals surface area contributed by atoms with E-state index in [9.17, 15) is 19.1 Å². The first-order chi connectivity index (χ1) is 16.7. The van der Waals surface area contributed by atoms with E-state index in [1.165, 1.54) is 17.9 Å². The lowest BCUT2D eigenvalue weighted by Gasteiger charge is -2.16. The number of ether oxygens (including phenoxy) is 1. The molecule has 0 aromatic carbocycles. The topological polar surface area (TPSA) is 122 Å². The molecule has 10 heteroatoms. The zero-order chi connectivity index (χ0) is 26.8. The van der Waals surface area contributed by atoms with Crippen LogP contribution in [0.5, 0.6) is 0 Å². The van der Waals surface area contributed by atoms with Gasteiger partial charge in [-0.3, -0.25) is 9.69 Å². The van der Waals surface area contributed by atoms with Crippen molar-refractivity contribution in [3.8, 4) is 0 Å². The summed E-state index contributed by atoms with van der Waals surface area (Å²) in [4.78, 5) is 26.6. The Morgan fingerprint density at radius 2 is 2.09 bits per heavy atom. The molecule has 0 radical (unpaired) electrons. The van der Waals surface area contributed by atoms with Crippen LogP contribution in [-0.2, 0) is 9.53 Å². The molecule has 202 valence electrons. The number of rotatable bonds is 11. The molecule has 1 aliphatic carbocycles. The number of hydrogen-bond donors (Lipinski definition) is 4. The van der Waals surface area contributed by atoms with Gasteiger partial charge in [-0.05, 0) is 45.1 Å². The molecule has 2 rings (SSSR count). The molecular weight excluding hydrogens is 453 g/mol. The summed E-state index contributed by atoms with van der Waals surface area (Å²) in [6.07, 6.45) is 6.04. The quantitative estimate of drug-likeness (QED) is 0.342. The third-order valence-corrected chi connectivity index (χ3v) is 5.31. The minimum Gasteiger partial charge on any atom is -0.442 e. The number of quaternary nitrogens is 1. The van der Waals surface area contributed by atoms with Crippen LogP contribution in [0.3, 0.4) is 0 Å². The van der Waals surface area contributed by atoms with Crippen molar-refractivity contribution in [3.05, 3.63) is 35.8 Å². The van der Waals surface area contributed by atoms with Crippen LogP contribution in [-0.4, -0.2) is 91.5 Å². The molecule has 3 atom stereocenters. The molecule has 0 saturated carbocycles. The van der Waals surface area contributed by atoms with Crippen molar-refractivity contribution in [2.45, 2.75) is 65.7 Å².